The summed E-state index contributed by atoms with van der Waals surface area (Å²) in [5.41, 5.74) is 0. The van der Waals surface area contributed by atoms with Crippen molar-refractivity contribution >= 4 is 31.5 Å². The van der Waals surface area contributed by atoms with Gasteiger partial charge >= 0.3 is 18.9 Å². The Bertz CT molecular complexity index is 144. The third-order valence-electron chi connectivity index (χ3n) is 0.558. The fraction of sp³-hybridized carbons (Fsp3) is 0. The molecular formula is C4H5LiN2S. The second kappa shape index (κ2) is 3.96. The molecule has 0 bridgehead atoms. The molecule has 0 radical (unpaired) electrons. The van der Waals surface area contributed by atoms with Gasteiger partial charge in [0.05, 0.1) is 0 Å². The number of hydrogen-bond donors (Lipinski definition) is 1. The van der Waals surface area contributed by atoms with E-state index < -0.39 is 0 Å². The molecule has 1 heterocycles. The zero-order valence-corrected chi connectivity index (χ0v) is 4.47. The summed E-state index contributed by atoms with van der Waals surface area (Å²) in [5.74, 6) is 0. The first kappa shape index (κ1) is 8.03. The standard InChI is InChI=1S/C4H4N2S.Li.H/c7-4-2-1-3-5-6-4;;/h1-3H,(H,6,7);;. The van der Waals surface area contributed by atoms with Gasteiger partial charge in [-0.1, -0.05) is 0 Å². The van der Waals surface area contributed by atoms with E-state index in [1.54, 1.807) is 18.3 Å². The summed E-state index contributed by atoms with van der Waals surface area (Å²) < 4.78 is 0. The summed E-state index contributed by atoms with van der Waals surface area (Å²) in [7, 11) is 0. The van der Waals surface area contributed by atoms with Crippen molar-refractivity contribution in [1.29, 1.82) is 0 Å². The Morgan fingerprint density at radius 2 is 2.25 bits per heavy atom. The van der Waals surface area contributed by atoms with Gasteiger partial charge in [0.1, 0.15) is 5.03 Å². The molecule has 4 heteroatoms. The molecule has 0 atom stereocenters. The maximum absolute atomic E-state index is 3.91. The van der Waals surface area contributed by atoms with Crippen LogP contribution < -0.4 is 0 Å². The first-order valence-electron chi connectivity index (χ1n) is 1.86. The van der Waals surface area contributed by atoms with Gasteiger partial charge in [-0.3, -0.25) is 0 Å². The zero-order valence-electron chi connectivity index (χ0n) is 3.57. The summed E-state index contributed by atoms with van der Waals surface area (Å²) in [5, 5.41) is 7.81. The van der Waals surface area contributed by atoms with Crippen molar-refractivity contribution < 1.29 is 0 Å². The maximum atomic E-state index is 3.91. The van der Waals surface area contributed by atoms with E-state index in [2.05, 4.69) is 22.8 Å². The van der Waals surface area contributed by atoms with Crippen LogP contribution in [0, 0.1) is 0 Å². The third kappa shape index (κ3) is 2.36. The Morgan fingerprint density at radius 3 is 2.50 bits per heavy atom. The Kier molecular flexibility index (Phi) is 3.98. The minimum absolute atomic E-state index is 0. The van der Waals surface area contributed by atoms with Crippen LogP contribution in [0.5, 0.6) is 0 Å². The normalized spacial score (nSPS) is 7.62. The fourth-order valence-corrected chi connectivity index (χ4v) is 0.431. The van der Waals surface area contributed by atoms with E-state index in [1.165, 1.54) is 0 Å². The molecule has 0 aliphatic heterocycles. The molecule has 0 fully saturated rings. The Labute approximate surface area is 65.3 Å². The first-order chi connectivity index (χ1) is 3.39. The van der Waals surface area contributed by atoms with Gasteiger partial charge in [0.2, 0.25) is 0 Å². The van der Waals surface area contributed by atoms with Gasteiger partial charge in [-0.15, -0.1) is 17.7 Å². The van der Waals surface area contributed by atoms with Crippen molar-refractivity contribution in [3.8, 4) is 0 Å². The Morgan fingerprint density at radius 1 is 1.50 bits per heavy atom. The molecule has 38 valence electrons. The molecule has 8 heavy (non-hydrogen) atoms. The number of rotatable bonds is 0. The van der Waals surface area contributed by atoms with E-state index in [0.29, 0.717) is 5.03 Å². The topological polar surface area (TPSA) is 25.8 Å². The molecule has 1 aromatic heterocycles. The average Bonchev–Trinajstić information content (AvgIpc) is 1.69. The van der Waals surface area contributed by atoms with Crippen LogP contribution in [0.15, 0.2) is 23.4 Å². The molecule has 0 unspecified atom stereocenters. The SMILES string of the molecule is Sc1cccnn1.[LiH]. The monoisotopic (exact) mass is 120 g/mol. The van der Waals surface area contributed by atoms with Crippen molar-refractivity contribution in [3.63, 3.8) is 0 Å². The molecule has 0 N–H and O–H groups in total. The van der Waals surface area contributed by atoms with E-state index in [1.807, 2.05) is 0 Å². The van der Waals surface area contributed by atoms with Crippen LogP contribution in [0.25, 0.3) is 0 Å². The van der Waals surface area contributed by atoms with Crippen molar-refractivity contribution in [3.05, 3.63) is 18.3 Å². The second-order valence-corrected chi connectivity index (χ2v) is 1.54. The predicted molar refractivity (Wildman–Crippen MR) is 36.4 cm³/mol. The average molecular weight is 120 g/mol. The van der Waals surface area contributed by atoms with E-state index in [4.69, 9.17) is 0 Å². The van der Waals surface area contributed by atoms with E-state index in [0.717, 1.165) is 0 Å². The molecule has 0 aliphatic rings. The summed E-state index contributed by atoms with van der Waals surface area (Å²) in [6.45, 7) is 0. The second-order valence-electron chi connectivity index (χ2n) is 1.08. The van der Waals surface area contributed by atoms with Crippen molar-refractivity contribution in [2.75, 3.05) is 0 Å². The molecule has 1 aromatic rings. The van der Waals surface area contributed by atoms with E-state index >= 15 is 0 Å². The molecule has 1 rings (SSSR count). The zero-order chi connectivity index (χ0) is 5.11. The molecule has 2 nitrogen and oxygen atoms in total. The summed E-state index contributed by atoms with van der Waals surface area (Å²) >= 11 is 3.91. The van der Waals surface area contributed by atoms with Crippen LogP contribution in [-0.4, -0.2) is 29.1 Å². The number of hydrogen-bond acceptors (Lipinski definition) is 3. The van der Waals surface area contributed by atoms with Crippen LogP contribution in [0.3, 0.4) is 0 Å². The van der Waals surface area contributed by atoms with Crippen LogP contribution in [0.1, 0.15) is 0 Å². The van der Waals surface area contributed by atoms with Crippen LogP contribution in [0.2, 0.25) is 0 Å². The molecule has 0 aliphatic carbocycles. The Balaban J connectivity index is 0.000000490. The van der Waals surface area contributed by atoms with E-state index in [9.17, 15) is 0 Å². The quantitative estimate of drug-likeness (QED) is 0.388. The van der Waals surface area contributed by atoms with Crippen LogP contribution >= 0.6 is 12.6 Å². The summed E-state index contributed by atoms with van der Waals surface area (Å²) in [6, 6.07) is 3.56. The first-order valence-corrected chi connectivity index (χ1v) is 2.31. The van der Waals surface area contributed by atoms with Gasteiger partial charge in [0.25, 0.3) is 0 Å². The molecule has 0 amide bonds. The number of thiol groups is 1. The van der Waals surface area contributed by atoms with Gasteiger partial charge in [-0.25, -0.2) is 0 Å². The van der Waals surface area contributed by atoms with E-state index in [-0.39, 0.29) is 18.9 Å². The number of nitrogens with zero attached hydrogens (tertiary/aromatic N) is 2. The summed E-state index contributed by atoms with van der Waals surface area (Å²) in [6.07, 6.45) is 1.61. The van der Waals surface area contributed by atoms with Gasteiger partial charge in [-0.05, 0) is 12.1 Å². The van der Waals surface area contributed by atoms with Crippen molar-refractivity contribution in [2.45, 2.75) is 5.03 Å². The molecule has 0 aromatic carbocycles. The number of aromatic nitrogens is 2. The molecule has 0 saturated carbocycles. The molecule has 0 saturated heterocycles. The third-order valence-corrected chi connectivity index (χ3v) is 0.797. The molecular weight excluding hydrogens is 115 g/mol. The minimum atomic E-state index is 0. The van der Waals surface area contributed by atoms with Gasteiger partial charge in [0.15, 0.2) is 0 Å². The van der Waals surface area contributed by atoms with Crippen molar-refractivity contribution in [2.24, 2.45) is 0 Å². The van der Waals surface area contributed by atoms with Gasteiger partial charge < -0.3 is 0 Å². The fourth-order valence-electron chi connectivity index (χ4n) is 0.293. The summed E-state index contributed by atoms with van der Waals surface area (Å²) in [4.78, 5) is 0. The predicted octanol–water partition coefficient (Wildman–Crippen LogP) is 0.117. The van der Waals surface area contributed by atoms with Crippen LogP contribution in [0.4, 0.5) is 0 Å². The Hall–Kier alpha value is 0.0274. The van der Waals surface area contributed by atoms with Crippen molar-refractivity contribution in [1.82, 2.24) is 10.2 Å². The van der Waals surface area contributed by atoms with Gasteiger partial charge in [-0.2, -0.15) is 5.10 Å². The van der Waals surface area contributed by atoms with Crippen LogP contribution in [-0.2, 0) is 0 Å². The molecule has 0 spiro atoms. The van der Waals surface area contributed by atoms with Gasteiger partial charge in [0, 0.05) is 6.20 Å².